The van der Waals surface area contributed by atoms with Crippen molar-refractivity contribution in [2.75, 3.05) is 31.2 Å². The largest absolute Gasteiger partial charge is 0.448 e. The molecule has 1 amide bonds. The second-order valence-corrected chi connectivity index (χ2v) is 8.23. The molecule has 2 aromatic heterocycles. The van der Waals surface area contributed by atoms with E-state index in [0.29, 0.717) is 19.0 Å². The minimum absolute atomic E-state index is 0.203. The third-order valence-corrected chi connectivity index (χ3v) is 6.59. The number of hydrogen-bond donors (Lipinski definition) is 1. The molecule has 4 rings (SSSR count). The quantitative estimate of drug-likeness (QED) is 0.499. The number of rotatable bonds is 5. The van der Waals surface area contributed by atoms with Gasteiger partial charge in [0.15, 0.2) is 5.16 Å². The van der Waals surface area contributed by atoms with Gasteiger partial charge in [0.05, 0.1) is 11.9 Å². The molecule has 0 atom stereocenters. The maximum Gasteiger partial charge on any atom is 0.409 e. The molecule has 2 aromatic rings. The summed E-state index contributed by atoms with van der Waals surface area (Å²) in [5.41, 5.74) is 7.60. The molecular weight excluding hydrogens is 344 g/mol. The van der Waals surface area contributed by atoms with Crippen molar-refractivity contribution >= 4 is 45.2 Å². The molecule has 2 N–H and O–H groups in total. The van der Waals surface area contributed by atoms with Gasteiger partial charge in [0, 0.05) is 17.2 Å². The Kier molecular flexibility index (Phi) is 4.49. The van der Waals surface area contributed by atoms with Crippen molar-refractivity contribution in [1.29, 1.82) is 0 Å². The molecule has 1 aliphatic heterocycles. The summed E-state index contributed by atoms with van der Waals surface area (Å²) in [5, 5.41) is 1.82. The number of nitrogen functional groups attached to an aromatic ring is 1. The van der Waals surface area contributed by atoms with Crippen LogP contribution >= 0.6 is 23.1 Å². The molecular formula is C16H20N4O2S2. The van der Waals surface area contributed by atoms with E-state index in [1.807, 2.05) is 0 Å². The summed E-state index contributed by atoms with van der Waals surface area (Å²) >= 11 is 3.38. The number of aromatic nitrogens is 2. The Bertz CT molecular complexity index is 777. The monoisotopic (exact) mass is 364 g/mol. The fourth-order valence-corrected chi connectivity index (χ4v) is 5.38. The van der Waals surface area contributed by atoms with Crippen LogP contribution in [0.25, 0.3) is 10.2 Å². The van der Waals surface area contributed by atoms with Crippen LogP contribution in [0.2, 0.25) is 0 Å². The molecule has 0 aromatic carbocycles. The highest BCUT2D eigenvalue weighted by Crippen LogP contribution is 2.38. The van der Waals surface area contributed by atoms with Crippen molar-refractivity contribution in [3.63, 3.8) is 0 Å². The molecule has 0 unspecified atom stereocenters. The number of amides is 1. The van der Waals surface area contributed by atoms with Crippen molar-refractivity contribution in [1.82, 2.24) is 14.9 Å². The predicted molar refractivity (Wildman–Crippen MR) is 96.7 cm³/mol. The van der Waals surface area contributed by atoms with Gasteiger partial charge < -0.3 is 15.4 Å². The Balaban J connectivity index is 1.42. The number of nitrogens with two attached hydrogens (primary N) is 1. The number of aryl methyl sites for hydroxylation is 2. The molecule has 1 aliphatic carbocycles. The number of cyclic esters (lactones) is 1. The van der Waals surface area contributed by atoms with E-state index in [-0.39, 0.29) is 6.09 Å². The molecule has 3 heterocycles. The van der Waals surface area contributed by atoms with E-state index in [0.717, 1.165) is 46.9 Å². The van der Waals surface area contributed by atoms with E-state index in [4.69, 9.17) is 15.5 Å². The first-order chi connectivity index (χ1) is 11.7. The molecule has 0 radical (unpaired) electrons. The predicted octanol–water partition coefficient (Wildman–Crippen LogP) is 3.09. The van der Waals surface area contributed by atoms with Gasteiger partial charge in [-0.1, -0.05) is 11.8 Å². The van der Waals surface area contributed by atoms with Crippen LogP contribution in [0, 0.1) is 0 Å². The standard InChI is InChI=1S/C16H20N4O2S2/c17-13-12-10-4-1-2-5-11(10)24-14(12)19-15(18-13)23-9-3-6-20-7-8-22-16(20)21/h1-9H2,(H2,17,18,19). The molecule has 0 bridgehead atoms. The molecule has 8 heteroatoms. The second-order valence-electron chi connectivity index (χ2n) is 6.09. The number of fused-ring (bicyclic) bond motifs is 3. The first kappa shape index (κ1) is 16.0. The number of ether oxygens (including phenoxy) is 1. The van der Waals surface area contributed by atoms with Crippen LogP contribution in [0.4, 0.5) is 10.6 Å². The lowest BCUT2D eigenvalue weighted by Crippen LogP contribution is -2.25. The molecule has 6 nitrogen and oxygen atoms in total. The van der Waals surface area contributed by atoms with E-state index >= 15 is 0 Å². The normalized spacial score (nSPS) is 17.3. The van der Waals surface area contributed by atoms with Crippen LogP contribution in [0.5, 0.6) is 0 Å². The molecule has 0 spiro atoms. The van der Waals surface area contributed by atoms with Crippen molar-refractivity contribution in [3.05, 3.63) is 10.4 Å². The summed E-state index contributed by atoms with van der Waals surface area (Å²) in [5.74, 6) is 1.48. The minimum atomic E-state index is -0.203. The Labute approximate surface area is 148 Å². The molecule has 0 saturated carbocycles. The second kappa shape index (κ2) is 6.76. The van der Waals surface area contributed by atoms with Gasteiger partial charge in [0.1, 0.15) is 17.3 Å². The third-order valence-electron chi connectivity index (χ3n) is 4.47. The molecule has 2 aliphatic rings. The number of carbonyl (C=O) groups excluding carboxylic acids is 1. The highest BCUT2D eigenvalue weighted by molar-refractivity contribution is 7.99. The summed E-state index contributed by atoms with van der Waals surface area (Å²) in [7, 11) is 0. The Morgan fingerprint density at radius 1 is 1.29 bits per heavy atom. The summed E-state index contributed by atoms with van der Waals surface area (Å²) in [6, 6.07) is 0. The van der Waals surface area contributed by atoms with E-state index in [1.165, 1.54) is 23.3 Å². The van der Waals surface area contributed by atoms with Gasteiger partial charge in [-0.25, -0.2) is 14.8 Å². The summed E-state index contributed by atoms with van der Waals surface area (Å²) in [6.45, 7) is 1.92. The number of hydrogen-bond acceptors (Lipinski definition) is 7. The first-order valence-electron chi connectivity index (χ1n) is 8.34. The summed E-state index contributed by atoms with van der Waals surface area (Å²) in [4.78, 5) is 24.8. The highest BCUT2D eigenvalue weighted by atomic mass is 32.2. The maximum absolute atomic E-state index is 11.4. The molecule has 1 fully saturated rings. The fraction of sp³-hybridized carbons (Fsp3) is 0.562. The van der Waals surface area contributed by atoms with Gasteiger partial charge >= 0.3 is 6.09 Å². The topological polar surface area (TPSA) is 81.3 Å². The third kappa shape index (κ3) is 3.04. The smallest absolute Gasteiger partial charge is 0.409 e. The highest BCUT2D eigenvalue weighted by Gasteiger charge is 2.22. The number of thioether (sulfide) groups is 1. The average molecular weight is 364 g/mol. The zero-order valence-electron chi connectivity index (χ0n) is 13.4. The zero-order valence-corrected chi connectivity index (χ0v) is 15.0. The van der Waals surface area contributed by atoms with Crippen molar-refractivity contribution in [2.24, 2.45) is 0 Å². The Morgan fingerprint density at radius 2 is 2.17 bits per heavy atom. The summed E-state index contributed by atoms with van der Waals surface area (Å²) in [6.07, 6.45) is 5.42. The van der Waals surface area contributed by atoms with E-state index in [2.05, 4.69) is 4.98 Å². The van der Waals surface area contributed by atoms with Gasteiger partial charge in [-0.15, -0.1) is 11.3 Å². The SMILES string of the molecule is Nc1nc(SCCCN2CCOC2=O)nc2sc3c(c12)CCCC3. The maximum atomic E-state index is 11.4. The average Bonchev–Trinajstić information content (AvgIpc) is 3.14. The van der Waals surface area contributed by atoms with Crippen LogP contribution < -0.4 is 5.73 Å². The number of thiophene rings is 1. The number of carbonyl (C=O) groups is 1. The van der Waals surface area contributed by atoms with E-state index < -0.39 is 0 Å². The summed E-state index contributed by atoms with van der Waals surface area (Å²) < 4.78 is 4.92. The lowest BCUT2D eigenvalue weighted by molar-refractivity contribution is 0.158. The Morgan fingerprint density at radius 3 is 3.00 bits per heavy atom. The van der Waals surface area contributed by atoms with E-state index in [9.17, 15) is 4.79 Å². The molecule has 24 heavy (non-hydrogen) atoms. The van der Waals surface area contributed by atoms with Crippen molar-refractivity contribution < 1.29 is 9.53 Å². The van der Waals surface area contributed by atoms with Crippen molar-refractivity contribution in [3.8, 4) is 0 Å². The molecule has 128 valence electrons. The van der Waals surface area contributed by atoms with Crippen molar-refractivity contribution in [2.45, 2.75) is 37.3 Å². The number of anilines is 1. The minimum Gasteiger partial charge on any atom is -0.448 e. The lowest BCUT2D eigenvalue weighted by atomic mass is 9.97. The zero-order chi connectivity index (χ0) is 16.5. The van der Waals surface area contributed by atoms with Crippen LogP contribution in [-0.4, -0.2) is 46.4 Å². The molecule has 1 saturated heterocycles. The van der Waals surface area contributed by atoms with Gasteiger partial charge in [-0.3, -0.25) is 0 Å². The van der Waals surface area contributed by atoms with Gasteiger partial charge in [-0.05, 0) is 37.7 Å². The lowest BCUT2D eigenvalue weighted by Gasteiger charge is -2.11. The van der Waals surface area contributed by atoms with Crippen LogP contribution in [0.1, 0.15) is 29.7 Å². The van der Waals surface area contributed by atoms with Gasteiger partial charge in [0.2, 0.25) is 0 Å². The fourth-order valence-electron chi connectivity index (χ4n) is 3.28. The van der Waals surface area contributed by atoms with Gasteiger partial charge in [-0.2, -0.15) is 0 Å². The van der Waals surface area contributed by atoms with Crippen LogP contribution in [0.15, 0.2) is 5.16 Å². The van der Waals surface area contributed by atoms with Gasteiger partial charge in [0.25, 0.3) is 0 Å². The Hall–Kier alpha value is -1.54. The first-order valence-corrected chi connectivity index (χ1v) is 10.1. The van der Waals surface area contributed by atoms with Crippen LogP contribution in [0.3, 0.4) is 0 Å². The van der Waals surface area contributed by atoms with Crippen LogP contribution in [-0.2, 0) is 17.6 Å². The number of nitrogens with zero attached hydrogens (tertiary/aromatic N) is 3. The van der Waals surface area contributed by atoms with E-state index in [1.54, 1.807) is 28.0 Å².